The summed E-state index contributed by atoms with van der Waals surface area (Å²) in [6.07, 6.45) is 0. The van der Waals surface area contributed by atoms with Gasteiger partial charge in [0.15, 0.2) is 17.5 Å². The number of hydrogen-bond acceptors (Lipinski definition) is 5. The average Bonchev–Trinajstić information content (AvgIpc) is 4.04. The van der Waals surface area contributed by atoms with Gasteiger partial charge < -0.3 is 13.4 Å². The van der Waals surface area contributed by atoms with Crippen LogP contribution in [0.3, 0.4) is 0 Å². The van der Waals surface area contributed by atoms with Gasteiger partial charge in [-0.15, -0.1) is 0 Å². The van der Waals surface area contributed by atoms with Gasteiger partial charge in [-0.05, 0) is 112 Å². The zero-order chi connectivity index (χ0) is 42.6. The van der Waals surface area contributed by atoms with E-state index in [9.17, 15) is 0 Å². The second-order valence-electron chi connectivity index (χ2n) is 16.8. The summed E-state index contributed by atoms with van der Waals surface area (Å²) < 4.78 is 15.3. The quantitative estimate of drug-likeness (QED) is 0.173. The maximum Gasteiger partial charge on any atom is 0.164 e. The van der Waals surface area contributed by atoms with Gasteiger partial charge in [-0.1, -0.05) is 127 Å². The van der Waals surface area contributed by atoms with E-state index in [4.69, 9.17) is 23.8 Å². The molecule has 0 radical (unpaired) electrons. The van der Waals surface area contributed by atoms with Crippen LogP contribution >= 0.6 is 0 Å². The lowest BCUT2D eigenvalue weighted by Crippen LogP contribution is -2.00. The third-order valence-corrected chi connectivity index (χ3v) is 13.0. The lowest BCUT2D eigenvalue weighted by molar-refractivity contribution is 0.668. The van der Waals surface area contributed by atoms with Crippen molar-refractivity contribution in [2.24, 2.45) is 0 Å². The number of nitrogens with zero attached hydrogens (tertiary/aromatic N) is 4. The first-order valence-corrected chi connectivity index (χ1v) is 21.8. The van der Waals surface area contributed by atoms with Crippen molar-refractivity contribution in [3.63, 3.8) is 0 Å². The molecule has 0 saturated heterocycles. The van der Waals surface area contributed by atoms with Crippen molar-refractivity contribution in [2.75, 3.05) is 0 Å². The van der Waals surface area contributed by atoms with Crippen molar-refractivity contribution in [2.45, 2.75) is 0 Å². The molecule has 0 amide bonds. The van der Waals surface area contributed by atoms with Gasteiger partial charge in [-0.2, -0.15) is 0 Å². The summed E-state index contributed by atoms with van der Waals surface area (Å²) in [4.78, 5) is 15.6. The molecule has 0 bridgehead atoms. The molecular formula is C59H34N4O2. The summed E-state index contributed by atoms with van der Waals surface area (Å²) in [5, 5.41) is 11.3. The molecular weight excluding hydrogens is 797 g/mol. The number of fused-ring (bicyclic) bond motifs is 12. The normalized spacial score (nSPS) is 12.0. The van der Waals surface area contributed by atoms with Crippen LogP contribution in [0.25, 0.3) is 138 Å². The summed E-state index contributed by atoms with van der Waals surface area (Å²) >= 11 is 0. The van der Waals surface area contributed by atoms with Gasteiger partial charge in [0.1, 0.15) is 22.3 Å². The van der Waals surface area contributed by atoms with Crippen molar-refractivity contribution >= 4 is 87.2 Å². The fourth-order valence-electron chi connectivity index (χ4n) is 9.89. The number of rotatable bonds is 5. The Bertz CT molecular complexity index is 4250. The van der Waals surface area contributed by atoms with E-state index in [0.717, 1.165) is 88.2 Å². The Morgan fingerprint density at radius 3 is 1.77 bits per heavy atom. The van der Waals surface area contributed by atoms with Gasteiger partial charge in [0.25, 0.3) is 0 Å². The lowest BCUT2D eigenvalue weighted by atomic mass is 10.0. The SMILES string of the molecule is c1ccc(-c2cccc(-c3nc(-c4ccc5c(c4)oc4ccccc45)nc(-c4ccc5oc6ccc7ccc(-n8c9ccccc9c9cc%10ccccc%10cc98)cc7c6c5c4)n3)c2)cc1. The molecule has 302 valence electrons. The van der Waals surface area contributed by atoms with Crippen molar-refractivity contribution in [3.05, 3.63) is 206 Å². The molecule has 65 heavy (non-hydrogen) atoms. The Balaban J connectivity index is 0.965. The summed E-state index contributed by atoms with van der Waals surface area (Å²) in [7, 11) is 0. The Hall–Kier alpha value is -8.87. The summed E-state index contributed by atoms with van der Waals surface area (Å²) in [5.41, 5.74) is 11.5. The molecule has 0 saturated carbocycles. The Labute approximate surface area is 371 Å². The van der Waals surface area contributed by atoms with Gasteiger partial charge in [-0.3, -0.25) is 0 Å². The van der Waals surface area contributed by atoms with Crippen LogP contribution in [0.2, 0.25) is 0 Å². The first-order valence-electron chi connectivity index (χ1n) is 21.8. The van der Waals surface area contributed by atoms with Crippen LogP contribution in [0.4, 0.5) is 0 Å². The van der Waals surface area contributed by atoms with Crippen LogP contribution in [0, 0.1) is 0 Å². The molecule has 4 heterocycles. The van der Waals surface area contributed by atoms with E-state index in [0.29, 0.717) is 17.5 Å². The highest BCUT2D eigenvalue weighted by atomic mass is 16.3. The number of hydrogen-bond donors (Lipinski definition) is 0. The molecule has 0 aliphatic heterocycles. The monoisotopic (exact) mass is 830 g/mol. The van der Waals surface area contributed by atoms with Crippen LogP contribution < -0.4 is 0 Å². The van der Waals surface area contributed by atoms with E-state index in [2.05, 4.69) is 168 Å². The minimum Gasteiger partial charge on any atom is -0.456 e. The first kappa shape index (κ1) is 35.7. The molecule has 0 aliphatic carbocycles. The van der Waals surface area contributed by atoms with E-state index in [1.807, 2.05) is 42.5 Å². The smallest absolute Gasteiger partial charge is 0.164 e. The molecule has 0 aliphatic rings. The van der Waals surface area contributed by atoms with Crippen molar-refractivity contribution in [3.8, 4) is 51.0 Å². The van der Waals surface area contributed by atoms with E-state index in [-0.39, 0.29) is 0 Å². The molecule has 0 unspecified atom stereocenters. The summed E-state index contributed by atoms with van der Waals surface area (Å²) in [6.45, 7) is 0. The summed E-state index contributed by atoms with van der Waals surface area (Å²) in [6, 6.07) is 72.3. The highest BCUT2D eigenvalue weighted by molar-refractivity contribution is 6.20. The second-order valence-corrected chi connectivity index (χ2v) is 16.8. The number of para-hydroxylation sites is 2. The molecule has 6 nitrogen and oxygen atoms in total. The second kappa shape index (κ2) is 13.8. The minimum absolute atomic E-state index is 0.559. The molecule has 14 aromatic rings. The number of benzene rings is 10. The molecule has 0 N–H and O–H groups in total. The maximum absolute atomic E-state index is 6.61. The molecule has 4 aromatic heterocycles. The zero-order valence-corrected chi connectivity index (χ0v) is 34.7. The highest BCUT2D eigenvalue weighted by Gasteiger charge is 2.19. The standard InChI is InChI=1S/C59H34N4O2/c1-2-11-35(12-3-1)37-15-10-16-40(29-37)57-60-58(62-59(61-57)42-22-26-46-45-18-7-9-20-52(45)65-55(46)33-42)41-24-27-53-49(31-41)56-47-34-43(25-21-36(47)23-28-54(56)64-53)63-50-19-8-6-17-44(50)48-30-38-13-4-5-14-39(38)32-51(48)63/h1-34H. The largest absolute Gasteiger partial charge is 0.456 e. The first-order chi connectivity index (χ1) is 32.2. The highest BCUT2D eigenvalue weighted by Crippen LogP contribution is 2.41. The van der Waals surface area contributed by atoms with E-state index in [1.165, 1.54) is 32.6 Å². The van der Waals surface area contributed by atoms with Crippen LogP contribution in [0.5, 0.6) is 0 Å². The molecule has 0 atom stereocenters. The Morgan fingerprint density at radius 1 is 0.292 bits per heavy atom. The van der Waals surface area contributed by atoms with E-state index < -0.39 is 0 Å². The van der Waals surface area contributed by atoms with Gasteiger partial charge in [0, 0.05) is 54.7 Å². The molecule has 14 rings (SSSR count). The molecule has 0 spiro atoms. The third kappa shape index (κ3) is 5.64. The molecule has 6 heteroatoms. The minimum atomic E-state index is 0.559. The Kier molecular flexibility index (Phi) is 7.59. The van der Waals surface area contributed by atoms with E-state index in [1.54, 1.807) is 0 Å². The predicted molar refractivity (Wildman–Crippen MR) is 265 cm³/mol. The van der Waals surface area contributed by atoms with E-state index >= 15 is 0 Å². The van der Waals surface area contributed by atoms with Gasteiger partial charge in [0.2, 0.25) is 0 Å². The maximum atomic E-state index is 6.61. The average molecular weight is 831 g/mol. The fraction of sp³-hybridized carbons (Fsp3) is 0. The zero-order valence-electron chi connectivity index (χ0n) is 34.7. The summed E-state index contributed by atoms with van der Waals surface area (Å²) in [5.74, 6) is 1.71. The predicted octanol–water partition coefficient (Wildman–Crippen LogP) is 15.7. The van der Waals surface area contributed by atoms with Crippen LogP contribution in [0.15, 0.2) is 215 Å². The molecule has 0 fully saturated rings. The Morgan fingerprint density at radius 2 is 0.908 bits per heavy atom. The van der Waals surface area contributed by atoms with Crippen molar-refractivity contribution in [1.82, 2.24) is 19.5 Å². The van der Waals surface area contributed by atoms with Crippen LogP contribution in [-0.4, -0.2) is 19.5 Å². The number of aromatic nitrogens is 4. The van der Waals surface area contributed by atoms with Crippen molar-refractivity contribution < 1.29 is 8.83 Å². The number of furan rings is 2. The lowest BCUT2D eigenvalue weighted by Gasteiger charge is -2.11. The van der Waals surface area contributed by atoms with Crippen molar-refractivity contribution in [1.29, 1.82) is 0 Å². The van der Waals surface area contributed by atoms with Gasteiger partial charge in [-0.25, -0.2) is 15.0 Å². The third-order valence-electron chi connectivity index (χ3n) is 13.0. The van der Waals surface area contributed by atoms with Crippen LogP contribution in [0.1, 0.15) is 0 Å². The topological polar surface area (TPSA) is 69.9 Å². The van der Waals surface area contributed by atoms with Crippen LogP contribution in [-0.2, 0) is 0 Å². The van der Waals surface area contributed by atoms with Gasteiger partial charge >= 0.3 is 0 Å². The fourth-order valence-corrected chi connectivity index (χ4v) is 9.89. The van der Waals surface area contributed by atoms with Gasteiger partial charge in [0.05, 0.1) is 11.0 Å². The molecule has 10 aromatic carbocycles.